The van der Waals surface area contributed by atoms with Crippen molar-refractivity contribution in [2.75, 3.05) is 25.5 Å². The van der Waals surface area contributed by atoms with E-state index in [9.17, 15) is 9.59 Å². The number of likely N-dealkylation sites (tertiary alicyclic amines) is 1. The minimum Gasteiger partial charge on any atom is -0.348 e. The van der Waals surface area contributed by atoms with E-state index < -0.39 is 0 Å². The van der Waals surface area contributed by atoms with Crippen LogP contribution >= 0.6 is 0 Å². The molecule has 2 aromatic heterocycles. The van der Waals surface area contributed by atoms with Crippen LogP contribution in [0.5, 0.6) is 0 Å². The quantitative estimate of drug-likeness (QED) is 0.889. The summed E-state index contributed by atoms with van der Waals surface area (Å²) in [5.74, 6) is 1.12. The molecule has 0 radical (unpaired) electrons. The van der Waals surface area contributed by atoms with Crippen molar-refractivity contribution in [3.8, 4) is 0 Å². The molecule has 8 nitrogen and oxygen atoms in total. The summed E-state index contributed by atoms with van der Waals surface area (Å²) >= 11 is 0. The van der Waals surface area contributed by atoms with E-state index in [1.165, 1.54) is 6.07 Å². The molecule has 1 atom stereocenters. The first-order valence-electron chi connectivity index (χ1n) is 8.03. The molecule has 1 amide bonds. The SMILES string of the molecule is Cc1nccn1CC1CCCN1C(=O)c1cc(=O)[nH]c(N(C)C)n1. The number of aromatic nitrogens is 4. The van der Waals surface area contributed by atoms with Crippen LogP contribution in [0, 0.1) is 6.92 Å². The van der Waals surface area contributed by atoms with Crippen molar-refractivity contribution in [3.63, 3.8) is 0 Å². The van der Waals surface area contributed by atoms with Crippen molar-refractivity contribution in [2.45, 2.75) is 32.4 Å². The van der Waals surface area contributed by atoms with Gasteiger partial charge in [0.1, 0.15) is 11.5 Å². The molecule has 1 aliphatic heterocycles. The molecule has 0 aromatic carbocycles. The highest BCUT2D eigenvalue weighted by Crippen LogP contribution is 2.21. The molecule has 0 aliphatic carbocycles. The molecule has 1 saturated heterocycles. The van der Waals surface area contributed by atoms with Crippen LogP contribution in [0.3, 0.4) is 0 Å². The van der Waals surface area contributed by atoms with E-state index >= 15 is 0 Å². The third-order valence-corrected chi connectivity index (χ3v) is 4.34. The van der Waals surface area contributed by atoms with E-state index in [-0.39, 0.29) is 23.2 Å². The molecule has 8 heteroatoms. The lowest BCUT2D eigenvalue weighted by molar-refractivity contribution is 0.0717. The first-order valence-corrected chi connectivity index (χ1v) is 8.03. The van der Waals surface area contributed by atoms with Crippen molar-refractivity contribution in [3.05, 3.63) is 40.3 Å². The number of hydrogen-bond donors (Lipinski definition) is 1. The number of aryl methyl sites for hydroxylation is 1. The summed E-state index contributed by atoms with van der Waals surface area (Å²) in [4.78, 5) is 39.3. The van der Waals surface area contributed by atoms with Crippen LogP contribution in [0.4, 0.5) is 5.95 Å². The number of carbonyl (C=O) groups excluding carboxylic acids is 1. The Morgan fingerprint density at radius 2 is 2.25 bits per heavy atom. The standard InChI is InChI=1S/C16H22N6O2/c1-11-17-6-8-21(11)10-12-5-4-7-22(12)15(24)13-9-14(23)19-16(18-13)20(2)3/h6,8-9,12H,4-5,7,10H2,1-3H3,(H,18,19,23). The molecule has 1 aliphatic rings. The predicted molar refractivity (Wildman–Crippen MR) is 90.2 cm³/mol. The predicted octanol–water partition coefficient (Wildman–Crippen LogP) is 0.646. The second-order valence-corrected chi connectivity index (χ2v) is 6.27. The summed E-state index contributed by atoms with van der Waals surface area (Å²) in [6.45, 7) is 3.34. The van der Waals surface area contributed by atoms with Gasteiger partial charge in [0.05, 0.1) is 6.04 Å². The topological polar surface area (TPSA) is 87.1 Å². The summed E-state index contributed by atoms with van der Waals surface area (Å²) in [6, 6.07) is 1.36. The van der Waals surface area contributed by atoms with E-state index in [1.54, 1.807) is 25.2 Å². The van der Waals surface area contributed by atoms with Gasteiger partial charge >= 0.3 is 0 Å². The number of amides is 1. The number of nitrogens with zero attached hydrogens (tertiary/aromatic N) is 5. The summed E-state index contributed by atoms with van der Waals surface area (Å²) < 4.78 is 2.05. The molecule has 24 heavy (non-hydrogen) atoms. The number of aromatic amines is 1. The molecule has 3 rings (SSSR count). The maximum absolute atomic E-state index is 12.9. The Labute approximate surface area is 140 Å². The second kappa shape index (κ2) is 6.46. The number of carbonyl (C=O) groups is 1. The highest BCUT2D eigenvalue weighted by Gasteiger charge is 2.31. The minimum absolute atomic E-state index is 0.0919. The molecule has 1 unspecified atom stereocenters. The van der Waals surface area contributed by atoms with Crippen LogP contribution in [-0.4, -0.2) is 57.0 Å². The number of imidazole rings is 1. The van der Waals surface area contributed by atoms with E-state index in [2.05, 4.69) is 15.0 Å². The van der Waals surface area contributed by atoms with E-state index in [0.29, 0.717) is 19.0 Å². The van der Waals surface area contributed by atoms with Crippen LogP contribution in [-0.2, 0) is 6.54 Å². The molecular weight excluding hydrogens is 308 g/mol. The monoisotopic (exact) mass is 330 g/mol. The van der Waals surface area contributed by atoms with E-state index in [4.69, 9.17) is 0 Å². The van der Waals surface area contributed by atoms with Gasteiger partial charge in [-0.15, -0.1) is 0 Å². The Bertz CT molecular complexity index is 794. The lowest BCUT2D eigenvalue weighted by Gasteiger charge is -2.25. The average Bonchev–Trinajstić information content (AvgIpc) is 3.16. The largest absolute Gasteiger partial charge is 0.348 e. The van der Waals surface area contributed by atoms with Gasteiger partial charge in [0.15, 0.2) is 0 Å². The van der Waals surface area contributed by atoms with Crippen LogP contribution in [0.15, 0.2) is 23.3 Å². The van der Waals surface area contributed by atoms with E-state index in [1.807, 2.05) is 22.6 Å². The molecule has 0 spiro atoms. The number of nitrogens with one attached hydrogen (secondary N) is 1. The van der Waals surface area contributed by atoms with Gasteiger partial charge in [-0.3, -0.25) is 14.6 Å². The fraction of sp³-hybridized carbons (Fsp3) is 0.500. The smallest absolute Gasteiger partial charge is 0.273 e. The first-order chi connectivity index (χ1) is 11.5. The maximum Gasteiger partial charge on any atom is 0.273 e. The van der Waals surface area contributed by atoms with Gasteiger partial charge in [-0.2, -0.15) is 0 Å². The highest BCUT2D eigenvalue weighted by atomic mass is 16.2. The fourth-order valence-electron chi connectivity index (χ4n) is 3.03. The van der Waals surface area contributed by atoms with Gasteiger partial charge in [0, 0.05) is 45.6 Å². The van der Waals surface area contributed by atoms with Crippen LogP contribution < -0.4 is 10.5 Å². The molecular formula is C16H22N6O2. The lowest BCUT2D eigenvalue weighted by Crippen LogP contribution is -2.39. The van der Waals surface area contributed by atoms with Gasteiger partial charge in [0.2, 0.25) is 5.95 Å². The van der Waals surface area contributed by atoms with Gasteiger partial charge < -0.3 is 14.4 Å². The number of H-pyrrole nitrogens is 1. The van der Waals surface area contributed by atoms with Crippen molar-refractivity contribution < 1.29 is 4.79 Å². The fourth-order valence-corrected chi connectivity index (χ4v) is 3.03. The summed E-state index contributed by atoms with van der Waals surface area (Å²) in [5.41, 5.74) is -0.130. The average molecular weight is 330 g/mol. The van der Waals surface area contributed by atoms with Crippen molar-refractivity contribution in [1.82, 2.24) is 24.4 Å². The van der Waals surface area contributed by atoms with Gasteiger partial charge in [-0.25, -0.2) is 9.97 Å². The lowest BCUT2D eigenvalue weighted by atomic mass is 10.2. The molecule has 128 valence electrons. The van der Waals surface area contributed by atoms with Crippen molar-refractivity contribution in [1.29, 1.82) is 0 Å². The molecule has 1 N–H and O–H groups in total. The number of hydrogen-bond acceptors (Lipinski definition) is 5. The second-order valence-electron chi connectivity index (χ2n) is 6.27. The minimum atomic E-state index is -0.321. The van der Waals surface area contributed by atoms with Crippen molar-refractivity contribution in [2.24, 2.45) is 0 Å². The maximum atomic E-state index is 12.9. The number of anilines is 1. The Morgan fingerprint density at radius 3 is 2.92 bits per heavy atom. The van der Waals surface area contributed by atoms with Gasteiger partial charge in [0.25, 0.3) is 11.5 Å². The highest BCUT2D eigenvalue weighted by molar-refractivity contribution is 5.92. The summed E-state index contributed by atoms with van der Waals surface area (Å²) in [5, 5.41) is 0. The number of rotatable bonds is 4. The van der Waals surface area contributed by atoms with E-state index in [0.717, 1.165) is 18.7 Å². The summed E-state index contributed by atoms with van der Waals surface area (Å²) in [7, 11) is 3.54. The zero-order chi connectivity index (χ0) is 17.3. The Kier molecular flexibility index (Phi) is 4.37. The zero-order valence-electron chi connectivity index (χ0n) is 14.2. The van der Waals surface area contributed by atoms with Gasteiger partial charge in [-0.1, -0.05) is 0 Å². The molecule has 0 bridgehead atoms. The van der Waals surface area contributed by atoms with Crippen molar-refractivity contribution >= 4 is 11.9 Å². The summed E-state index contributed by atoms with van der Waals surface area (Å²) in [6.07, 6.45) is 5.57. The molecule has 2 aromatic rings. The first kappa shape index (κ1) is 16.2. The zero-order valence-corrected chi connectivity index (χ0v) is 14.2. The molecule has 0 saturated carbocycles. The Hall–Kier alpha value is -2.64. The molecule has 1 fully saturated rings. The van der Waals surface area contributed by atoms with Gasteiger partial charge in [-0.05, 0) is 19.8 Å². The van der Waals surface area contributed by atoms with Crippen LogP contribution in [0.2, 0.25) is 0 Å². The third-order valence-electron chi connectivity index (χ3n) is 4.34. The molecule has 3 heterocycles. The third kappa shape index (κ3) is 3.17. The van der Waals surface area contributed by atoms with Crippen LogP contribution in [0.25, 0.3) is 0 Å². The Balaban J connectivity index is 1.83. The normalized spacial score (nSPS) is 17.3. The van der Waals surface area contributed by atoms with Crippen LogP contribution in [0.1, 0.15) is 29.2 Å². The Morgan fingerprint density at radius 1 is 1.46 bits per heavy atom.